The summed E-state index contributed by atoms with van der Waals surface area (Å²) >= 11 is 5.92. The van der Waals surface area contributed by atoms with E-state index < -0.39 is 11.9 Å². The lowest BCUT2D eigenvalue weighted by atomic mass is 10.1. The van der Waals surface area contributed by atoms with E-state index in [1.807, 2.05) is 0 Å². The number of carbonyl (C=O) groups is 2. The summed E-state index contributed by atoms with van der Waals surface area (Å²) in [4.78, 5) is 22.0. The predicted octanol–water partition coefficient (Wildman–Crippen LogP) is 3.53. The van der Waals surface area contributed by atoms with Gasteiger partial charge < -0.3 is 14.9 Å². The van der Waals surface area contributed by atoms with Gasteiger partial charge in [-0.05, 0) is 30.3 Å². The fraction of sp³-hybridized carbons (Fsp3) is 0. The third-order valence-electron chi connectivity index (χ3n) is 2.52. The van der Waals surface area contributed by atoms with Crippen molar-refractivity contribution in [2.45, 2.75) is 0 Å². The lowest BCUT2D eigenvalue weighted by molar-refractivity contribution is 0.0678. The van der Waals surface area contributed by atoms with Crippen molar-refractivity contribution < 1.29 is 24.5 Å². The molecule has 6 heteroatoms. The third kappa shape index (κ3) is 2.89. The number of halogens is 1. The van der Waals surface area contributed by atoms with Gasteiger partial charge >= 0.3 is 11.9 Å². The topological polar surface area (TPSA) is 83.8 Å². The number of hydrogen-bond donors (Lipinski definition) is 2. The van der Waals surface area contributed by atoms with Crippen molar-refractivity contribution in [3.05, 3.63) is 58.6 Å². The Morgan fingerprint density at radius 2 is 1.65 bits per heavy atom. The van der Waals surface area contributed by atoms with Crippen LogP contribution >= 0.6 is 11.6 Å². The number of ether oxygens (including phenoxy) is 1. The van der Waals surface area contributed by atoms with Crippen LogP contribution in [0.4, 0.5) is 0 Å². The van der Waals surface area contributed by atoms with Crippen molar-refractivity contribution in [1.29, 1.82) is 0 Å². The van der Waals surface area contributed by atoms with E-state index in [0.29, 0.717) is 5.02 Å². The first-order chi connectivity index (χ1) is 9.49. The van der Waals surface area contributed by atoms with E-state index in [9.17, 15) is 9.59 Å². The zero-order valence-electron chi connectivity index (χ0n) is 10.0. The number of carboxylic acid groups (broad SMARTS) is 2. The summed E-state index contributed by atoms with van der Waals surface area (Å²) in [5.74, 6) is -2.22. The zero-order chi connectivity index (χ0) is 14.7. The van der Waals surface area contributed by atoms with Crippen molar-refractivity contribution >= 4 is 23.5 Å². The average Bonchev–Trinajstić information content (AvgIpc) is 2.41. The first-order valence-corrected chi connectivity index (χ1v) is 5.90. The van der Waals surface area contributed by atoms with E-state index >= 15 is 0 Å². The molecule has 0 saturated heterocycles. The van der Waals surface area contributed by atoms with Gasteiger partial charge in [-0.25, -0.2) is 9.59 Å². The van der Waals surface area contributed by atoms with E-state index in [1.165, 1.54) is 12.1 Å². The van der Waals surface area contributed by atoms with E-state index in [-0.39, 0.29) is 22.6 Å². The Bertz CT molecular complexity index is 681. The van der Waals surface area contributed by atoms with E-state index in [2.05, 4.69) is 0 Å². The number of rotatable bonds is 4. The summed E-state index contributed by atoms with van der Waals surface area (Å²) in [6.07, 6.45) is 0. The van der Waals surface area contributed by atoms with Gasteiger partial charge in [0.15, 0.2) is 0 Å². The second kappa shape index (κ2) is 5.63. The molecule has 102 valence electrons. The number of benzene rings is 2. The highest BCUT2D eigenvalue weighted by molar-refractivity contribution is 6.32. The molecular formula is C14H9ClO5. The van der Waals surface area contributed by atoms with Crippen LogP contribution in [0.15, 0.2) is 42.5 Å². The highest BCUT2D eigenvalue weighted by atomic mass is 35.5. The Morgan fingerprint density at radius 3 is 2.25 bits per heavy atom. The first kappa shape index (κ1) is 13.9. The quantitative estimate of drug-likeness (QED) is 0.900. The lowest BCUT2D eigenvalue weighted by Crippen LogP contribution is -2.03. The van der Waals surface area contributed by atoms with Gasteiger partial charge in [-0.2, -0.15) is 0 Å². The summed E-state index contributed by atoms with van der Waals surface area (Å²) in [6, 6.07) is 10.0. The van der Waals surface area contributed by atoms with E-state index in [4.69, 9.17) is 26.6 Å². The molecule has 0 spiro atoms. The molecule has 2 rings (SSSR count). The van der Waals surface area contributed by atoms with Crippen LogP contribution in [-0.4, -0.2) is 22.2 Å². The van der Waals surface area contributed by atoms with Crippen molar-refractivity contribution in [2.75, 3.05) is 0 Å². The summed E-state index contributed by atoms with van der Waals surface area (Å²) < 4.78 is 5.42. The van der Waals surface area contributed by atoms with Crippen LogP contribution in [0.5, 0.6) is 11.5 Å². The zero-order valence-corrected chi connectivity index (χ0v) is 10.8. The molecule has 2 N–H and O–H groups in total. The van der Waals surface area contributed by atoms with Crippen LogP contribution < -0.4 is 4.74 Å². The van der Waals surface area contributed by atoms with Crippen LogP contribution in [0.1, 0.15) is 20.7 Å². The van der Waals surface area contributed by atoms with Gasteiger partial charge in [-0.1, -0.05) is 23.7 Å². The molecule has 0 aromatic heterocycles. The molecule has 0 aliphatic carbocycles. The molecule has 20 heavy (non-hydrogen) atoms. The van der Waals surface area contributed by atoms with E-state index in [1.54, 1.807) is 24.3 Å². The van der Waals surface area contributed by atoms with Crippen LogP contribution in [0.3, 0.4) is 0 Å². The highest BCUT2D eigenvalue weighted by Gasteiger charge is 2.16. The highest BCUT2D eigenvalue weighted by Crippen LogP contribution is 2.31. The van der Waals surface area contributed by atoms with Crippen LogP contribution in [-0.2, 0) is 0 Å². The van der Waals surface area contributed by atoms with Gasteiger partial charge in [0.05, 0.1) is 10.6 Å². The monoisotopic (exact) mass is 292 g/mol. The molecule has 0 atom stereocenters. The summed E-state index contributed by atoms with van der Waals surface area (Å²) in [7, 11) is 0. The molecule has 0 amide bonds. The second-order valence-electron chi connectivity index (χ2n) is 3.85. The smallest absolute Gasteiger partial charge is 0.339 e. The molecule has 2 aromatic rings. The average molecular weight is 293 g/mol. The van der Waals surface area contributed by atoms with Gasteiger partial charge in [-0.3, -0.25) is 0 Å². The van der Waals surface area contributed by atoms with Gasteiger partial charge in [0.2, 0.25) is 0 Å². The molecule has 0 saturated carbocycles. The summed E-state index contributed by atoms with van der Waals surface area (Å²) in [5, 5.41) is 18.3. The molecule has 2 aromatic carbocycles. The maximum Gasteiger partial charge on any atom is 0.339 e. The Hall–Kier alpha value is -2.53. The summed E-state index contributed by atoms with van der Waals surface area (Å²) in [6.45, 7) is 0. The number of para-hydroxylation sites is 1. The van der Waals surface area contributed by atoms with Crippen molar-refractivity contribution in [1.82, 2.24) is 0 Å². The van der Waals surface area contributed by atoms with Crippen LogP contribution in [0.2, 0.25) is 5.02 Å². The molecule has 0 aliphatic rings. The second-order valence-corrected chi connectivity index (χ2v) is 4.26. The maximum absolute atomic E-state index is 11.1. The molecule has 5 nitrogen and oxygen atoms in total. The van der Waals surface area contributed by atoms with Gasteiger partial charge in [0.1, 0.15) is 17.1 Å². The van der Waals surface area contributed by atoms with Gasteiger partial charge in [0.25, 0.3) is 0 Å². The van der Waals surface area contributed by atoms with E-state index in [0.717, 1.165) is 6.07 Å². The van der Waals surface area contributed by atoms with Gasteiger partial charge in [-0.15, -0.1) is 0 Å². The van der Waals surface area contributed by atoms with Crippen molar-refractivity contribution in [3.8, 4) is 11.5 Å². The predicted molar refractivity (Wildman–Crippen MR) is 71.9 cm³/mol. The molecule has 0 radical (unpaired) electrons. The Balaban J connectivity index is 2.48. The first-order valence-electron chi connectivity index (χ1n) is 5.52. The molecule has 0 heterocycles. The fourth-order valence-corrected chi connectivity index (χ4v) is 1.74. The largest absolute Gasteiger partial charge is 0.478 e. The van der Waals surface area contributed by atoms with Crippen molar-refractivity contribution in [3.63, 3.8) is 0 Å². The molecule has 0 bridgehead atoms. The number of aromatic carboxylic acids is 2. The SMILES string of the molecule is O=C(O)c1ccc(C(=O)O)c(Oc2ccccc2Cl)c1. The Kier molecular flexibility index (Phi) is 3.91. The molecule has 0 fully saturated rings. The molecule has 0 aliphatic heterocycles. The fourth-order valence-electron chi connectivity index (χ4n) is 1.56. The molecule has 0 unspecified atom stereocenters. The Morgan fingerprint density at radius 1 is 0.950 bits per heavy atom. The third-order valence-corrected chi connectivity index (χ3v) is 2.83. The minimum absolute atomic E-state index is 0.0722. The van der Waals surface area contributed by atoms with Crippen molar-refractivity contribution in [2.24, 2.45) is 0 Å². The van der Waals surface area contributed by atoms with Gasteiger partial charge in [0, 0.05) is 0 Å². The number of hydrogen-bond acceptors (Lipinski definition) is 3. The summed E-state index contributed by atoms with van der Waals surface area (Å²) in [5.41, 5.74) is -0.216. The maximum atomic E-state index is 11.1. The van der Waals surface area contributed by atoms with Crippen LogP contribution in [0, 0.1) is 0 Å². The minimum atomic E-state index is -1.22. The lowest BCUT2D eigenvalue weighted by Gasteiger charge is -2.10. The number of carboxylic acids is 2. The Labute approximate surface area is 119 Å². The normalized spacial score (nSPS) is 10.1. The molecular weight excluding hydrogens is 284 g/mol. The minimum Gasteiger partial charge on any atom is -0.478 e. The standard InChI is InChI=1S/C14H9ClO5/c15-10-3-1-2-4-11(10)20-12-7-8(13(16)17)5-6-9(12)14(18)19/h1-7H,(H,16,17)(H,18,19). The van der Waals surface area contributed by atoms with Crippen LogP contribution in [0.25, 0.3) is 0 Å².